The number of benzene rings is 1. The maximum atomic E-state index is 12.4. The van der Waals surface area contributed by atoms with Crippen LogP contribution in [0.4, 0.5) is 5.69 Å². The highest BCUT2D eigenvalue weighted by atomic mass is 16.5. The first kappa shape index (κ1) is 15.9. The molecule has 1 amide bonds. The Morgan fingerprint density at radius 1 is 1.25 bits per heavy atom. The van der Waals surface area contributed by atoms with Crippen molar-refractivity contribution in [2.24, 2.45) is 11.3 Å². The van der Waals surface area contributed by atoms with Crippen molar-refractivity contribution < 1.29 is 14.6 Å². The van der Waals surface area contributed by atoms with E-state index in [1.165, 1.54) is 0 Å². The molecule has 2 saturated carbocycles. The number of hydrogen-bond donors (Lipinski definition) is 3. The SMILES string of the molecule is O=C(Nc1ccc(OC2CCCCC2O)cc1)C1CC12CCNC2. The van der Waals surface area contributed by atoms with Gasteiger partial charge in [-0.3, -0.25) is 4.79 Å². The van der Waals surface area contributed by atoms with Crippen LogP contribution < -0.4 is 15.4 Å². The average molecular weight is 330 g/mol. The molecule has 1 saturated heterocycles. The van der Waals surface area contributed by atoms with E-state index >= 15 is 0 Å². The van der Waals surface area contributed by atoms with E-state index in [4.69, 9.17) is 4.74 Å². The zero-order valence-electron chi connectivity index (χ0n) is 14.0. The second-order valence-corrected chi connectivity index (χ2v) is 7.57. The summed E-state index contributed by atoms with van der Waals surface area (Å²) in [5.74, 6) is 1.04. The first-order chi connectivity index (χ1) is 11.7. The minimum atomic E-state index is -0.371. The Balaban J connectivity index is 1.32. The van der Waals surface area contributed by atoms with Crippen molar-refractivity contribution in [2.45, 2.75) is 50.7 Å². The smallest absolute Gasteiger partial charge is 0.228 e. The van der Waals surface area contributed by atoms with Crippen LogP contribution in [-0.4, -0.2) is 36.3 Å². The Hall–Kier alpha value is -1.59. The number of carbonyl (C=O) groups excluding carboxylic acids is 1. The van der Waals surface area contributed by atoms with Crippen LogP contribution in [0.2, 0.25) is 0 Å². The van der Waals surface area contributed by atoms with Gasteiger partial charge in [0, 0.05) is 18.2 Å². The van der Waals surface area contributed by atoms with Crippen molar-refractivity contribution in [2.75, 3.05) is 18.4 Å². The molecule has 1 aliphatic heterocycles. The van der Waals surface area contributed by atoms with Gasteiger partial charge in [-0.25, -0.2) is 0 Å². The Morgan fingerprint density at radius 2 is 2.04 bits per heavy atom. The molecule has 24 heavy (non-hydrogen) atoms. The number of hydrogen-bond acceptors (Lipinski definition) is 4. The lowest BCUT2D eigenvalue weighted by Gasteiger charge is -2.28. The van der Waals surface area contributed by atoms with Gasteiger partial charge in [-0.2, -0.15) is 0 Å². The molecule has 5 nitrogen and oxygen atoms in total. The topological polar surface area (TPSA) is 70.6 Å². The molecule has 1 spiro atoms. The predicted molar refractivity (Wildman–Crippen MR) is 92.0 cm³/mol. The largest absolute Gasteiger partial charge is 0.488 e. The Bertz CT molecular complexity index is 595. The lowest BCUT2D eigenvalue weighted by molar-refractivity contribution is -0.118. The van der Waals surface area contributed by atoms with Gasteiger partial charge in [0.15, 0.2) is 0 Å². The highest BCUT2D eigenvalue weighted by Crippen LogP contribution is 2.56. The average Bonchev–Trinajstić information content (AvgIpc) is 3.09. The zero-order chi connectivity index (χ0) is 16.6. The summed E-state index contributed by atoms with van der Waals surface area (Å²) >= 11 is 0. The lowest BCUT2D eigenvalue weighted by Crippen LogP contribution is -2.34. The summed E-state index contributed by atoms with van der Waals surface area (Å²) in [7, 11) is 0. The zero-order valence-corrected chi connectivity index (χ0v) is 14.0. The summed E-state index contributed by atoms with van der Waals surface area (Å²) in [6.45, 7) is 2.00. The molecule has 0 bridgehead atoms. The molecule has 1 aromatic rings. The molecule has 3 aliphatic rings. The van der Waals surface area contributed by atoms with Gasteiger partial charge in [0.25, 0.3) is 0 Å². The van der Waals surface area contributed by atoms with Crippen molar-refractivity contribution in [3.63, 3.8) is 0 Å². The van der Waals surface area contributed by atoms with Crippen molar-refractivity contribution in [1.82, 2.24) is 5.32 Å². The number of carbonyl (C=O) groups is 1. The third-order valence-corrected chi connectivity index (χ3v) is 5.86. The Kier molecular flexibility index (Phi) is 4.22. The molecule has 4 rings (SSSR count). The van der Waals surface area contributed by atoms with Gasteiger partial charge in [0.05, 0.1) is 6.10 Å². The van der Waals surface area contributed by atoms with Crippen LogP contribution in [0.25, 0.3) is 0 Å². The second-order valence-electron chi connectivity index (χ2n) is 7.57. The van der Waals surface area contributed by atoms with E-state index in [-0.39, 0.29) is 29.4 Å². The number of aliphatic hydroxyl groups is 1. The van der Waals surface area contributed by atoms with Crippen molar-refractivity contribution in [1.29, 1.82) is 0 Å². The molecule has 4 atom stereocenters. The maximum Gasteiger partial charge on any atom is 0.228 e. The van der Waals surface area contributed by atoms with E-state index in [0.29, 0.717) is 0 Å². The van der Waals surface area contributed by atoms with Gasteiger partial charge in [-0.05, 0) is 68.3 Å². The normalized spacial score (nSPS) is 35.0. The van der Waals surface area contributed by atoms with Gasteiger partial charge in [0.2, 0.25) is 5.91 Å². The summed E-state index contributed by atoms with van der Waals surface area (Å²) in [4.78, 5) is 12.4. The molecule has 1 aromatic carbocycles. The van der Waals surface area contributed by atoms with E-state index in [1.54, 1.807) is 0 Å². The summed E-state index contributed by atoms with van der Waals surface area (Å²) in [5.41, 5.74) is 1.04. The van der Waals surface area contributed by atoms with Gasteiger partial charge in [-0.1, -0.05) is 6.42 Å². The molecule has 0 aromatic heterocycles. The minimum Gasteiger partial charge on any atom is -0.488 e. The molecule has 2 aliphatic carbocycles. The Labute approximate surface area is 142 Å². The standard InChI is InChI=1S/C19H26N2O3/c22-16-3-1-2-4-17(16)24-14-7-5-13(6-8-14)21-18(23)15-11-19(15)9-10-20-12-19/h5-8,15-17,20,22H,1-4,9-12H2,(H,21,23). The van der Waals surface area contributed by atoms with Gasteiger partial charge in [-0.15, -0.1) is 0 Å². The molecular weight excluding hydrogens is 304 g/mol. The van der Waals surface area contributed by atoms with Crippen LogP contribution in [0.3, 0.4) is 0 Å². The van der Waals surface area contributed by atoms with Crippen LogP contribution in [0.5, 0.6) is 5.75 Å². The summed E-state index contributed by atoms with van der Waals surface area (Å²) in [6.07, 6.45) is 5.53. The molecule has 3 fully saturated rings. The molecule has 3 N–H and O–H groups in total. The minimum absolute atomic E-state index is 0.111. The van der Waals surface area contributed by atoms with Gasteiger partial charge < -0.3 is 20.5 Å². The van der Waals surface area contributed by atoms with E-state index < -0.39 is 0 Å². The number of amides is 1. The van der Waals surface area contributed by atoms with Crippen LogP contribution in [0.15, 0.2) is 24.3 Å². The predicted octanol–water partition coefficient (Wildman–Crippen LogP) is 2.31. The number of nitrogens with one attached hydrogen (secondary N) is 2. The number of aliphatic hydroxyl groups excluding tert-OH is 1. The van der Waals surface area contributed by atoms with Crippen molar-refractivity contribution in [3.05, 3.63) is 24.3 Å². The van der Waals surface area contributed by atoms with E-state index in [0.717, 1.165) is 63.1 Å². The summed E-state index contributed by atoms with van der Waals surface area (Å²) in [5, 5.41) is 16.4. The molecule has 130 valence electrons. The first-order valence-corrected chi connectivity index (χ1v) is 9.13. The maximum absolute atomic E-state index is 12.4. The van der Waals surface area contributed by atoms with Gasteiger partial charge in [0.1, 0.15) is 11.9 Å². The molecule has 4 unspecified atom stereocenters. The fraction of sp³-hybridized carbons (Fsp3) is 0.632. The van der Waals surface area contributed by atoms with E-state index in [9.17, 15) is 9.90 Å². The fourth-order valence-corrected chi connectivity index (χ4v) is 4.19. The second kappa shape index (κ2) is 6.37. The van der Waals surface area contributed by atoms with Crippen molar-refractivity contribution >= 4 is 11.6 Å². The number of anilines is 1. The molecular formula is C19H26N2O3. The quantitative estimate of drug-likeness (QED) is 0.792. The van der Waals surface area contributed by atoms with Crippen LogP contribution in [0, 0.1) is 11.3 Å². The van der Waals surface area contributed by atoms with Crippen molar-refractivity contribution in [3.8, 4) is 5.75 Å². The van der Waals surface area contributed by atoms with E-state index in [2.05, 4.69) is 10.6 Å². The molecule has 5 heteroatoms. The fourth-order valence-electron chi connectivity index (χ4n) is 4.19. The van der Waals surface area contributed by atoms with Crippen LogP contribution >= 0.6 is 0 Å². The summed E-state index contributed by atoms with van der Waals surface area (Å²) < 4.78 is 5.89. The van der Waals surface area contributed by atoms with Gasteiger partial charge >= 0.3 is 0 Å². The number of rotatable bonds is 4. The molecule has 1 heterocycles. The van der Waals surface area contributed by atoms with Crippen LogP contribution in [0.1, 0.15) is 38.5 Å². The first-order valence-electron chi connectivity index (χ1n) is 9.13. The van der Waals surface area contributed by atoms with Crippen LogP contribution in [-0.2, 0) is 4.79 Å². The lowest BCUT2D eigenvalue weighted by atomic mass is 9.95. The third kappa shape index (κ3) is 3.15. The third-order valence-electron chi connectivity index (χ3n) is 5.86. The molecule has 0 radical (unpaired) electrons. The number of ether oxygens (including phenoxy) is 1. The van der Waals surface area contributed by atoms with E-state index in [1.807, 2.05) is 24.3 Å². The monoisotopic (exact) mass is 330 g/mol. The Morgan fingerprint density at radius 3 is 2.75 bits per heavy atom. The highest BCUT2D eigenvalue weighted by molar-refractivity contribution is 5.95. The summed E-state index contributed by atoms with van der Waals surface area (Å²) in [6, 6.07) is 7.50. The highest BCUT2D eigenvalue weighted by Gasteiger charge is 2.58.